The van der Waals surface area contributed by atoms with Gasteiger partial charge in [0.15, 0.2) is 0 Å². The Morgan fingerprint density at radius 2 is 1.24 bits per heavy atom. The SMILES string of the molecule is CC(C)(C)N(c1ccccc1)c1ccc2ccccc2c1. The van der Waals surface area contributed by atoms with Crippen molar-refractivity contribution in [3.8, 4) is 0 Å². The molecule has 0 atom stereocenters. The van der Waals surface area contributed by atoms with E-state index in [1.807, 2.05) is 0 Å². The summed E-state index contributed by atoms with van der Waals surface area (Å²) in [6.07, 6.45) is 0. The normalized spacial score (nSPS) is 11.6. The average molecular weight is 275 g/mol. The zero-order valence-electron chi connectivity index (χ0n) is 12.9. The highest BCUT2D eigenvalue weighted by Crippen LogP contribution is 2.34. The maximum atomic E-state index is 2.39. The van der Waals surface area contributed by atoms with E-state index in [9.17, 15) is 0 Å². The van der Waals surface area contributed by atoms with Crippen molar-refractivity contribution < 1.29 is 0 Å². The van der Waals surface area contributed by atoms with Crippen LogP contribution in [0.2, 0.25) is 0 Å². The summed E-state index contributed by atoms with van der Waals surface area (Å²) in [6, 6.07) is 25.8. The van der Waals surface area contributed by atoms with Crippen molar-refractivity contribution in [3.05, 3.63) is 72.8 Å². The van der Waals surface area contributed by atoms with Gasteiger partial charge in [0.25, 0.3) is 0 Å². The molecule has 0 fully saturated rings. The highest BCUT2D eigenvalue weighted by molar-refractivity contribution is 5.87. The smallest absolute Gasteiger partial charge is 0.0422 e. The van der Waals surface area contributed by atoms with Crippen molar-refractivity contribution in [1.29, 1.82) is 0 Å². The van der Waals surface area contributed by atoms with Crippen molar-refractivity contribution in [2.24, 2.45) is 0 Å². The molecule has 0 spiro atoms. The molecule has 3 aromatic rings. The summed E-state index contributed by atoms with van der Waals surface area (Å²) < 4.78 is 0. The van der Waals surface area contributed by atoms with Crippen LogP contribution >= 0.6 is 0 Å². The van der Waals surface area contributed by atoms with Gasteiger partial charge in [-0.3, -0.25) is 0 Å². The Morgan fingerprint density at radius 3 is 1.90 bits per heavy atom. The van der Waals surface area contributed by atoms with E-state index in [-0.39, 0.29) is 5.54 Å². The fourth-order valence-electron chi connectivity index (χ4n) is 2.82. The van der Waals surface area contributed by atoms with Crippen molar-refractivity contribution in [3.63, 3.8) is 0 Å². The first kappa shape index (κ1) is 13.7. The molecule has 3 aromatic carbocycles. The molecule has 0 unspecified atom stereocenters. The third kappa shape index (κ3) is 2.78. The maximum absolute atomic E-state index is 2.39. The second-order valence-electron chi connectivity index (χ2n) is 6.37. The first-order chi connectivity index (χ1) is 10.1. The zero-order valence-corrected chi connectivity index (χ0v) is 12.9. The number of anilines is 2. The fourth-order valence-corrected chi connectivity index (χ4v) is 2.82. The molecular weight excluding hydrogens is 254 g/mol. The van der Waals surface area contributed by atoms with Crippen molar-refractivity contribution >= 4 is 22.1 Å². The third-order valence-electron chi connectivity index (χ3n) is 3.68. The lowest BCUT2D eigenvalue weighted by atomic mass is 10.0. The van der Waals surface area contributed by atoms with Crippen LogP contribution in [0.3, 0.4) is 0 Å². The van der Waals surface area contributed by atoms with Crippen LogP contribution in [0.25, 0.3) is 10.8 Å². The molecule has 0 aromatic heterocycles. The van der Waals surface area contributed by atoms with Crippen LogP contribution in [0.15, 0.2) is 72.8 Å². The minimum Gasteiger partial charge on any atom is -0.336 e. The molecule has 0 aliphatic rings. The molecule has 1 nitrogen and oxygen atoms in total. The predicted octanol–water partition coefficient (Wildman–Crippen LogP) is 5.78. The Bertz CT molecular complexity index is 738. The van der Waals surface area contributed by atoms with Crippen LogP contribution in [0, 0.1) is 0 Å². The Kier molecular flexibility index (Phi) is 3.42. The van der Waals surface area contributed by atoms with Gasteiger partial charge in [-0.15, -0.1) is 0 Å². The highest BCUT2D eigenvalue weighted by Gasteiger charge is 2.23. The summed E-state index contributed by atoms with van der Waals surface area (Å²) in [5.74, 6) is 0. The summed E-state index contributed by atoms with van der Waals surface area (Å²) in [6.45, 7) is 6.74. The molecule has 0 amide bonds. The molecule has 1 heteroatoms. The number of benzene rings is 3. The number of nitrogens with zero attached hydrogens (tertiary/aromatic N) is 1. The molecular formula is C20H21N. The molecule has 3 rings (SSSR count). The molecule has 0 N–H and O–H groups in total. The maximum Gasteiger partial charge on any atom is 0.0422 e. The molecule has 0 aliphatic heterocycles. The largest absolute Gasteiger partial charge is 0.336 e. The highest BCUT2D eigenvalue weighted by atomic mass is 15.2. The summed E-state index contributed by atoms with van der Waals surface area (Å²) in [4.78, 5) is 2.39. The predicted molar refractivity (Wildman–Crippen MR) is 92.3 cm³/mol. The lowest BCUT2D eigenvalue weighted by Crippen LogP contribution is -2.37. The van der Waals surface area contributed by atoms with Gasteiger partial charge in [-0.2, -0.15) is 0 Å². The van der Waals surface area contributed by atoms with E-state index in [0.29, 0.717) is 0 Å². The van der Waals surface area contributed by atoms with E-state index in [0.717, 1.165) is 0 Å². The average Bonchev–Trinajstić information content (AvgIpc) is 2.47. The summed E-state index contributed by atoms with van der Waals surface area (Å²) in [7, 11) is 0. The second kappa shape index (κ2) is 5.25. The van der Waals surface area contributed by atoms with Gasteiger partial charge in [-0.25, -0.2) is 0 Å². The standard InChI is InChI=1S/C20H21N/c1-20(2,3)21(18-11-5-4-6-12-18)19-14-13-16-9-7-8-10-17(16)15-19/h4-15H,1-3H3. The number of rotatable bonds is 2. The lowest BCUT2D eigenvalue weighted by Gasteiger charge is -2.38. The van der Waals surface area contributed by atoms with E-state index in [1.165, 1.54) is 22.1 Å². The van der Waals surface area contributed by atoms with E-state index in [1.54, 1.807) is 0 Å². The van der Waals surface area contributed by atoms with Crippen molar-refractivity contribution in [2.75, 3.05) is 4.90 Å². The van der Waals surface area contributed by atoms with Gasteiger partial charge in [0, 0.05) is 16.9 Å². The first-order valence-corrected chi connectivity index (χ1v) is 7.40. The van der Waals surface area contributed by atoms with E-state index < -0.39 is 0 Å². The van der Waals surface area contributed by atoms with Gasteiger partial charge in [-0.05, 0) is 55.8 Å². The number of hydrogen-bond acceptors (Lipinski definition) is 1. The number of fused-ring (bicyclic) bond motifs is 1. The molecule has 106 valence electrons. The Hall–Kier alpha value is -2.28. The minimum atomic E-state index is 0.0177. The monoisotopic (exact) mass is 275 g/mol. The second-order valence-corrected chi connectivity index (χ2v) is 6.37. The van der Waals surface area contributed by atoms with Crippen molar-refractivity contribution in [2.45, 2.75) is 26.3 Å². The van der Waals surface area contributed by atoms with Crippen LogP contribution in [0.1, 0.15) is 20.8 Å². The van der Waals surface area contributed by atoms with Crippen molar-refractivity contribution in [1.82, 2.24) is 0 Å². The zero-order chi connectivity index (χ0) is 14.9. The lowest BCUT2D eigenvalue weighted by molar-refractivity contribution is 0.560. The molecule has 0 saturated heterocycles. The minimum absolute atomic E-state index is 0.0177. The van der Waals surface area contributed by atoms with E-state index in [4.69, 9.17) is 0 Å². The first-order valence-electron chi connectivity index (χ1n) is 7.40. The van der Waals surface area contributed by atoms with Crippen LogP contribution in [-0.2, 0) is 0 Å². The topological polar surface area (TPSA) is 3.24 Å². The molecule has 0 radical (unpaired) electrons. The summed E-state index contributed by atoms with van der Waals surface area (Å²) >= 11 is 0. The Morgan fingerprint density at radius 1 is 0.619 bits per heavy atom. The number of hydrogen-bond donors (Lipinski definition) is 0. The van der Waals surface area contributed by atoms with Crippen LogP contribution in [0.5, 0.6) is 0 Å². The molecule has 0 bridgehead atoms. The molecule has 0 heterocycles. The van der Waals surface area contributed by atoms with E-state index in [2.05, 4.69) is 98.5 Å². The number of para-hydroxylation sites is 1. The van der Waals surface area contributed by atoms with E-state index >= 15 is 0 Å². The molecule has 21 heavy (non-hydrogen) atoms. The van der Waals surface area contributed by atoms with Crippen LogP contribution < -0.4 is 4.90 Å². The quantitative estimate of drug-likeness (QED) is 0.573. The van der Waals surface area contributed by atoms with Crippen LogP contribution in [-0.4, -0.2) is 5.54 Å². The Labute approximate surface area is 126 Å². The van der Waals surface area contributed by atoms with Gasteiger partial charge >= 0.3 is 0 Å². The third-order valence-corrected chi connectivity index (χ3v) is 3.68. The van der Waals surface area contributed by atoms with Gasteiger partial charge in [0.05, 0.1) is 0 Å². The van der Waals surface area contributed by atoms with Gasteiger partial charge in [-0.1, -0.05) is 48.5 Å². The Balaban J connectivity index is 2.15. The van der Waals surface area contributed by atoms with Gasteiger partial charge in [0.2, 0.25) is 0 Å². The molecule has 0 aliphatic carbocycles. The van der Waals surface area contributed by atoms with Gasteiger partial charge < -0.3 is 4.90 Å². The summed E-state index contributed by atoms with van der Waals surface area (Å²) in [5, 5.41) is 2.56. The summed E-state index contributed by atoms with van der Waals surface area (Å²) in [5.41, 5.74) is 2.47. The molecule has 0 saturated carbocycles. The van der Waals surface area contributed by atoms with Crippen LogP contribution in [0.4, 0.5) is 11.4 Å². The van der Waals surface area contributed by atoms with Gasteiger partial charge in [0.1, 0.15) is 0 Å². The fraction of sp³-hybridized carbons (Fsp3) is 0.200.